The molecule has 72 valence electrons. The fourth-order valence-corrected chi connectivity index (χ4v) is 1.63. The highest BCUT2D eigenvalue weighted by Gasteiger charge is 2.10. The van der Waals surface area contributed by atoms with E-state index in [1.807, 2.05) is 13.0 Å². The van der Waals surface area contributed by atoms with Gasteiger partial charge in [-0.1, -0.05) is 0 Å². The van der Waals surface area contributed by atoms with E-state index in [0.29, 0.717) is 0 Å². The van der Waals surface area contributed by atoms with Gasteiger partial charge in [0, 0.05) is 11.8 Å². The summed E-state index contributed by atoms with van der Waals surface area (Å²) in [5, 5.41) is 7.11. The van der Waals surface area contributed by atoms with E-state index in [-0.39, 0.29) is 0 Å². The molecule has 1 N–H and O–H groups in total. The van der Waals surface area contributed by atoms with Crippen LogP contribution in [0.5, 0.6) is 0 Å². The van der Waals surface area contributed by atoms with E-state index in [4.69, 9.17) is 4.52 Å². The van der Waals surface area contributed by atoms with Crippen LogP contribution in [0.25, 0.3) is 16.7 Å². The number of nitrogens with zero attached hydrogens (tertiary/aromatic N) is 4. The normalized spacial score (nSPS) is 11.6. The number of nitrogens with one attached hydrogen (secondary N) is 1. The molecule has 0 unspecified atom stereocenters. The molecule has 0 saturated carbocycles. The van der Waals surface area contributed by atoms with Gasteiger partial charge in [0.15, 0.2) is 16.7 Å². The molecule has 6 heteroatoms. The maximum atomic E-state index is 5.45. The van der Waals surface area contributed by atoms with Crippen molar-refractivity contribution in [2.75, 3.05) is 0 Å². The molecule has 0 bridgehead atoms. The van der Waals surface area contributed by atoms with Crippen molar-refractivity contribution in [3.63, 3.8) is 0 Å². The van der Waals surface area contributed by atoms with Gasteiger partial charge in [0.2, 0.25) is 0 Å². The first-order valence-electron chi connectivity index (χ1n) is 4.27. The van der Waals surface area contributed by atoms with Crippen molar-refractivity contribution in [3.05, 3.63) is 18.1 Å². The molecule has 0 saturated heterocycles. The van der Waals surface area contributed by atoms with Crippen LogP contribution in [0.4, 0.5) is 0 Å². The quantitative estimate of drug-likeness (QED) is 0.576. The van der Waals surface area contributed by atoms with Crippen LogP contribution in [0, 0.1) is 6.92 Å². The highest BCUT2D eigenvalue weighted by Crippen LogP contribution is 2.19. The number of hydrogen-bond acceptors (Lipinski definition) is 3. The van der Waals surface area contributed by atoms with Gasteiger partial charge in [-0.25, -0.2) is 9.50 Å². The summed E-state index contributed by atoms with van der Waals surface area (Å²) in [5.74, 6) is 0. The number of aryl methyl sites for hydroxylation is 2. The third-order valence-electron chi connectivity index (χ3n) is 2.20. The predicted molar refractivity (Wildman–Crippen MR) is 49.6 cm³/mol. The third-order valence-corrected chi connectivity index (χ3v) is 2.20. The fourth-order valence-electron chi connectivity index (χ4n) is 1.63. The van der Waals surface area contributed by atoms with Gasteiger partial charge in [0.25, 0.3) is 0 Å². The van der Waals surface area contributed by atoms with Gasteiger partial charge >= 0.3 is 0 Å². The minimum atomic E-state index is 0.761. The summed E-state index contributed by atoms with van der Waals surface area (Å²) in [6.07, 6.45) is 1.52. The van der Waals surface area contributed by atoms with Crippen molar-refractivity contribution in [2.45, 2.75) is 6.92 Å². The lowest BCUT2D eigenvalue weighted by molar-refractivity contribution is 0.274. The highest BCUT2D eigenvalue weighted by atomic mass is 16.5. The Hall–Kier alpha value is -1.98. The smallest absolute Gasteiger partial charge is 0.188 e. The molecule has 0 amide bonds. The fraction of sp³-hybridized carbons (Fsp3) is 0.250. The van der Waals surface area contributed by atoms with E-state index in [1.165, 1.54) is 11.2 Å². The minimum absolute atomic E-state index is 0.761. The molecule has 0 spiro atoms. The van der Waals surface area contributed by atoms with Gasteiger partial charge in [-0.05, 0) is 6.92 Å². The Bertz CT molecular complexity index is 623. The van der Waals surface area contributed by atoms with Crippen molar-refractivity contribution in [1.82, 2.24) is 24.6 Å². The number of hydrogen-bond donors (Lipinski definition) is 1. The monoisotopic (exact) mass is 191 g/mol. The summed E-state index contributed by atoms with van der Waals surface area (Å²) >= 11 is 0. The Morgan fingerprint density at radius 2 is 2.36 bits per heavy atom. The average molecular weight is 191 g/mol. The van der Waals surface area contributed by atoms with Gasteiger partial charge in [-0.15, -0.1) is 0 Å². The zero-order valence-electron chi connectivity index (χ0n) is 7.85. The summed E-state index contributed by atoms with van der Waals surface area (Å²) in [4.78, 5) is 5.65. The molecule has 0 aliphatic heterocycles. The Morgan fingerprint density at radius 3 is 3.21 bits per heavy atom. The van der Waals surface area contributed by atoms with Crippen molar-refractivity contribution >= 4 is 16.7 Å². The Morgan fingerprint density at radius 1 is 1.50 bits per heavy atom. The number of rotatable bonds is 0. The summed E-state index contributed by atoms with van der Waals surface area (Å²) in [6.45, 7) is 1.97. The van der Waals surface area contributed by atoms with E-state index in [1.54, 1.807) is 11.6 Å². The summed E-state index contributed by atoms with van der Waals surface area (Å²) in [6, 6.07) is 1.94. The van der Waals surface area contributed by atoms with Crippen LogP contribution in [-0.4, -0.2) is 24.6 Å². The number of aromatic nitrogens is 5. The van der Waals surface area contributed by atoms with Crippen LogP contribution in [0.15, 0.2) is 16.9 Å². The lowest BCUT2D eigenvalue weighted by Crippen LogP contribution is -2.01. The van der Waals surface area contributed by atoms with Gasteiger partial charge in [0.05, 0.1) is 7.05 Å². The Balaban J connectivity index is 2.69. The van der Waals surface area contributed by atoms with Crippen molar-refractivity contribution in [2.24, 2.45) is 7.05 Å². The zero-order valence-corrected chi connectivity index (χ0v) is 7.85. The lowest BCUT2D eigenvalue weighted by atomic mass is 10.4. The summed E-state index contributed by atoms with van der Waals surface area (Å²) in [7, 11) is 1.78. The minimum Gasteiger partial charge on any atom is -0.362 e. The number of H-pyrrole nitrogens is 1. The van der Waals surface area contributed by atoms with Gasteiger partial charge in [-0.2, -0.15) is 9.95 Å². The second-order valence-corrected chi connectivity index (χ2v) is 3.22. The molecule has 3 heterocycles. The SMILES string of the molecule is Cc1cc2on(C)[nH]c3ncnn1c32. The van der Waals surface area contributed by atoms with Gasteiger partial charge in [-0.3, -0.25) is 5.10 Å². The molecule has 0 atom stereocenters. The second kappa shape index (κ2) is 2.28. The van der Waals surface area contributed by atoms with E-state index in [9.17, 15) is 0 Å². The van der Waals surface area contributed by atoms with E-state index in [0.717, 1.165) is 22.4 Å². The zero-order chi connectivity index (χ0) is 9.71. The predicted octanol–water partition coefficient (Wildman–Crippen LogP) is 1.01. The van der Waals surface area contributed by atoms with Crippen LogP contribution >= 0.6 is 0 Å². The maximum absolute atomic E-state index is 5.45. The van der Waals surface area contributed by atoms with Crippen molar-refractivity contribution in [1.29, 1.82) is 0 Å². The third kappa shape index (κ3) is 0.795. The van der Waals surface area contributed by atoms with E-state index < -0.39 is 0 Å². The average Bonchev–Trinajstić information content (AvgIpc) is 2.45. The summed E-state index contributed by atoms with van der Waals surface area (Å²) in [5.41, 5.74) is 3.44. The van der Waals surface area contributed by atoms with Crippen LogP contribution in [-0.2, 0) is 7.05 Å². The molecule has 0 aliphatic rings. The first kappa shape index (κ1) is 7.43. The first-order chi connectivity index (χ1) is 6.75. The standard InChI is InChI=1S/C8H9N5O/c1-5-3-6-7-8(11-12(2)14-6)9-4-10-13(5)7/h3-4H,1-2H3,(H,9,10,11). The summed E-state index contributed by atoms with van der Waals surface area (Å²) < 4.78 is 7.25. The molecule has 0 radical (unpaired) electrons. The lowest BCUT2D eigenvalue weighted by Gasteiger charge is -2.02. The molecule has 14 heavy (non-hydrogen) atoms. The van der Waals surface area contributed by atoms with Crippen LogP contribution in [0.2, 0.25) is 0 Å². The first-order valence-corrected chi connectivity index (χ1v) is 4.27. The molecular formula is C8H9N5O. The van der Waals surface area contributed by atoms with Crippen LogP contribution in [0.3, 0.4) is 0 Å². The molecule has 6 nitrogen and oxygen atoms in total. The van der Waals surface area contributed by atoms with E-state index >= 15 is 0 Å². The van der Waals surface area contributed by atoms with Gasteiger partial charge in [0.1, 0.15) is 6.33 Å². The highest BCUT2D eigenvalue weighted by molar-refractivity contribution is 5.86. The maximum Gasteiger partial charge on any atom is 0.188 e. The number of aromatic amines is 1. The molecule has 3 rings (SSSR count). The van der Waals surface area contributed by atoms with Gasteiger partial charge < -0.3 is 4.52 Å². The molecule has 0 aliphatic carbocycles. The molecule has 3 aromatic rings. The van der Waals surface area contributed by atoms with Crippen LogP contribution < -0.4 is 0 Å². The Labute approximate surface area is 78.7 Å². The molecule has 0 fully saturated rings. The van der Waals surface area contributed by atoms with Crippen LogP contribution in [0.1, 0.15) is 5.69 Å². The molecular weight excluding hydrogens is 182 g/mol. The molecule has 3 aromatic heterocycles. The largest absolute Gasteiger partial charge is 0.362 e. The van der Waals surface area contributed by atoms with E-state index in [2.05, 4.69) is 15.2 Å². The van der Waals surface area contributed by atoms with Crippen molar-refractivity contribution < 1.29 is 4.52 Å². The Kier molecular flexibility index (Phi) is 1.21. The van der Waals surface area contributed by atoms with Crippen molar-refractivity contribution in [3.8, 4) is 0 Å². The topological polar surface area (TPSA) is 64.0 Å². The molecule has 0 aromatic carbocycles. The second-order valence-electron chi connectivity index (χ2n) is 3.22.